The van der Waals surface area contributed by atoms with E-state index in [4.69, 9.17) is 0 Å². The minimum Gasteiger partial charge on any atom is -0.325 e. The molecule has 0 atom stereocenters. The number of amides is 1. The van der Waals surface area contributed by atoms with Crippen LogP contribution in [0.4, 0.5) is 5.69 Å². The van der Waals surface area contributed by atoms with Crippen molar-refractivity contribution in [2.75, 3.05) is 25.0 Å². The van der Waals surface area contributed by atoms with Crippen molar-refractivity contribution in [1.82, 2.24) is 14.7 Å². The Morgan fingerprint density at radius 2 is 1.76 bits per heavy atom. The van der Waals surface area contributed by atoms with Crippen molar-refractivity contribution < 1.29 is 4.79 Å². The lowest BCUT2D eigenvalue weighted by Gasteiger charge is -2.25. The molecule has 2 aromatic carbocycles. The van der Waals surface area contributed by atoms with E-state index in [1.165, 1.54) is 19.3 Å². The Bertz CT molecular complexity index is 830. The van der Waals surface area contributed by atoms with Gasteiger partial charge in [-0.05, 0) is 56.3 Å². The van der Waals surface area contributed by atoms with E-state index in [-0.39, 0.29) is 5.91 Å². The summed E-state index contributed by atoms with van der Waals surface area (Å²) in [5, 5.41) is 8.67. The number of aromatic nitrogens is 2. The Labute approximate surface area is 147 Å². The lowest BCUT2D eigenvalue weighted by atomic mass is 10.1. The van der Waals surface area contributed by atoms with Gasteiger partial charge in [-0.1, -0.05) is 24.6 Å². The lowest BCUT2D eigenvalue weighted by molar-refractivity contribution is -0.117. The number of carbonyl (C=O) groups is 1. The Morgan fingerprint density at radius 3 is 2.52 bits per heavy atom. The van der Waals surface area contributed by atoms with E-state index in [9.17, 15) is 4.79 Å². The van der Waals surface area contributed by atoms with E-state index >= 15 is 0 Å². The first-order valence-corrected chi connectivity index (χ1v) is 8.85. The molecule has 0 saturated carbocycles. The van der Waals surface area contributed by atoms with Crippen molar-refractivity contribution >= 4 is 22.5 Å². The van der Waals surface area contributed by atoms with Gasteiger partial charge in [-0.15, -0.1) is 0 Å². The van der Waals surface area contributed by atoms with Crippen molar-refractivity contribution in [3.8, 4) is 5.69 Å². The fourth-order valence-corrected chi connectivity index (χ4v) is 3.32. The van der Waals surface area contributed by atoms with Gasteiger partial charge in [0.05, 0.1) is 17.7 Å². The molecule has 1 saturated heterocycles. The minimum absolute atomic E-state index is 0.0551. The summed E-state index contributed by atoms with van der Waals surface area (Å²) in [4.78, 5) is 14.4. The first kappa shape index (κ1) is 15.8. The van der Waals surface area contributed by atoms with E-state index in [1.54, 1.807) is 0 Å². The molecule has 5 nitrogen and oxygen atoms in total. The Morgan fingerprint density at radius 1 is 1.00 bits per heavy atom. The highest BCUT2D eigenvalue weighted by Crippen LogP contribution is 2.17. The fourth-order valence-electron chi connectivity index (χ4n) is 3.32. The van der Waals surface area contributed by atoms with Gasteiger partial charge < -0.3 is 5.32 Å². The van der Waals surface area contributed by atoms with E-state index in [0.29, 0.717) is 6.54 Å². The first-order chi connectivity index (χ1) is 12.3. The zero-order valence-electron chi connectivity index (χ0n) is 14.2. The van der Waals surface area contributed by atoms with Gasteiger partial charge in [0.25, 0.3) is 0 Å². The van der Waals surface area contributed by atoms with Crippen LogP contribution in [0.2, 0.25) is 0 Å². The number of nitrogens with one attached hydrogen (secondary N) is 1. The number of benzene rings is 2. The maximum absolute atomic E-state index is 12.2. The van der Waals surface area contributed by atoms with E-state index in [0.717, 1.165) is 35.4 Å². The molecular formula is C20H22N4O. The number of nitrogens with zero attached hydrogens (tertiary/aromatic N) is 3. The summed E-state index contributed by atoms with van der Waals surface area (Å²) in [6.07, 6.45) is 5.68. The second kappa shape index (κ2) is 7.07. The van der Waals surface area contributed by atoms with Gasteiger partial charge in [-0.3, -0.25) is 9.69 Å². The third-order valence-corrected chi connectivity index (χ3v) is 4.65. The van der Waals surface area contributed by atoms with Gasteiger partial charge in [-0.25, -0.2) is 4.68 Å². The molecule has 1 fully saturated rings. The minimum atomic E-state index is 0.0551. The van der Waals surface area contributed by atoms with Crippen LogP contribution in [0.3, 0.4) is 0 Å². The predicted octanol–water partition coefficient (Wildman–Crippen LogP) is 3.45. The topological polar surface area (TPSA) is 50.2 Å². The van der Waals surface area contributed by atoms with Gasteiger partial charge >= 0.3 is 0 Å². The normalized spacial score (nSPS) is 15.4. The molecule has 1 amide bonds. The van der Waals surface area contributed by atoms with Crippen LogP contribution in [0.1, 0.15) is 19.3 Å². The van der Waals surface area contributed by atoms with Crippen LogP contribution in [-0.2, 0) is 4.79 Å². The molecule has 2 heterocycles. The van der Waals surface area contributed by atoms with Crippen LogP contribution in [0.5, 0.6) is 0 Å². The summed E-state index contributed by atoms with van der Waals surface area (Å²) >= 11 is 0. The van der Waals surface area contributed by atoms with Gasteiger partial charge in [0.2, 0.25) is 5.91 Å². The van der Waals surface area contributed by atoms with Crippen LogP contribution in [0.25, 0.3) is 16.6 Å². The zero-order chi connectivity index (χ0) is 17.1. The Balaban J connectivity index is 1.41. The van der Waals surface area contributed by atoms with Crippen molar-refractivity contribution in [1.29, 1.82) is 0 Å². The van der Waals surface area contributed by atoms with E-state index < -0.39 is 0 Å². The molecule has 25 heavy (non-hydrogen) atoms. The molecule has 5 heteroatoms. The van der Waals surface area contributed by atoms with Crippen molar-refractivity contribution in [2.24, 2.45) is 0 Å². The van der Waals surface area contributed by atoms with E-state index in [1.807, 2.05) is 59.4 Å². The zero-order valence-corrected chi connectivity index (χ0v) is 14.2. The van der Waals surface area contributed by atoms with Crippen LogP contribution in [-0.4, -0.2) is 40.2 Å². The van der Waals surface area contributed by atoms with Crippen LogP contribution in [0.15, 0.2) is 54.7 Å². The number of hydrogen-bond donors (Lipinski definition) is 1. The molecule has 4 rings (SSSR count). The van der Waals surface area contributed by atoms with Crippen molar-refractivity contribution in [3.05, 3.63) is 54.7 Å². The van der Waals surface area contributed by atoms with Crippen LogP contribution >= 0.6 is 0 Å². The third-order valence-electron chi connectivity index (χ3n) is 4.65. The maximum Gasteiger partial charge on any atom is 0.238 e. The number of rotatable bonds is 4. The second-order valence-corrected chi connectivity index (χ2v) is 6.56. The smallest absolute Gasteiger partial charge is 0.238 e. The summed E-state index contributed by atoms with van der Waals surface area (Å²) < 4.78 is 1.87. The number of piperidine rings is 1. The molecule has 1 N–H and O–H groups in total. The van der Waals surface area contributed by atoms with E-state index in [2.05, 4.69) is 15.3 Å². The van der Waals surface area contributed by atoms with Crippen LogP contribution < -0.4 is 5.32 Å². The summed E-state index contributed by atoms with van der Waals surface area (Å²) in [6.45, 7) is 2.53. The van der Waals surface area contributed by atoms with Crippen molar-refractivity contribution in [3.63, 3.8) is 0 Å². The number of carbonyl (C=O) groups excluding carboxylic acids is 1. The molecule has 3 aromatic rings. The van der Waals surface area contributed by atoms with Gasteiger partial charge in [0.1, 0.15) is 0 Å². The highest BCUT2D eigenvalue weighted by molar-refractivity contribution is 5.92. The number of fused-ring (bicyclic) bond motifs is 1. The molecule has 0 unspecified atom stereocenters. The molecule has 0 spiro atoms. The Kier molecular flexibility index (Phi) is 4.48. The monoisotopic (exact) mass is 334 g/mol. The largest absolute Gasteiger partial charge is 0.325 e. The summed E-state index contributed by atoms with van der Waals surface area (Å²) in [5.74, 6) is 0.0551. The quantitative estimate of drug-likeness (QED) is 0.795. The fraction of sp³-hybridized carbons (Fsp3) is 0.300. The van der Waals surface area contributed by atoms with Gasteiger partial charge in [-0.2, -0.15) is 5.10 Å². The number of hydrogen-bond acceptors (Lipinski definition) is 3. The molecule has 0 bridgehead atoms. The predicted molar refractivity (Wildman–Crippen MR) is 100.0 cm³/mol. The molecule has 128 valence electrons. The number of likely N-dealkylation sites (tertiary alicyclic amines) is 1. The standard InChI is InChI=1S/C20H22N4O/c25-20(15-23-12-4-1-5-13-23)21-17-8-10-18(11-9-17)24-14-16-6-2-3-7-19(16)22-24/h2-3,6-11,14H,1,4-5,12-13,15H2,(H,21,25). The molecule has 1 aliphatic rings. The SMILES string of the molecule is O=C(CN1CCCCC1)Nc1ccc(-n2cc3ccccc3n2)cc1. The summed E-state index contributed by atoms with van der Waals surface area (Å²) in [5.41, 5.74) is 2.77. The lowest BCUT2D eigenvalue weighted by Crippen LogP contribution is -2.36. The Hall–Kier alpha value is -2.66. The molecular weight excluding hydrogens is 312 g/mol. The molecule has 0 aliphatic carbocycles. The summed E-state index contributed by atoms with van der Waals surface area (Å²) in [7, 11) is 0. The average Bonchev–Trinajstić information content (AvgIpc) is 3.07. The van der Waals surface area contributed by atoms with Gasteiger partial charge in [0.15, 0.2) is 0 Å². The molecule has 1 aliphatic heterocycles. The van der Waals surface area contributed by atoms with Crippen molar-refractivity contribution in [2.45, 2.75) is 19.3 Å². The third kappa shape index (κ3) is 3.72. The summed E-state index contributed by atoms with van der Waals surface area (Å²) in [6, 6.07) is 15.8. The maximum atomic E-state index is 12.2. The second-order valence-electron chi connectivity index (χ2n) is 6.56. The first-order valence-electron chi connectivity index (χ1n) is 8.85. The molecule has 0 radical (unpaired) electrons. The van der Waals surface area contributed by atoms with Crippen LogP contribution in [0, 0.1) is 0 Å². The molecule has 1 aromatic heterocycles. The van der Waals surface area contributed by atoms with Gasteiger partial charge in [0, 0.05) is 17.3 Å². The average molecular weight is 334 g/mol. The number of anilines is 1. The highest BCUT2D eigenvalue weighted by atomic mass is 16.2. The highest BCUT2D eigenvalue weighted by Gasteiger charge is 2.13.